The third-order valence-corrected chi connectivity index (χ3v) is 5.45. The number of pyridine rings is 1. The number of piperazine rings is 1. The third-order valence-electron chi connectivity index (χ3n) is 5.45. The van der Waals surface area contributed by atoms with Gasteiger partial charge in [0.25, 0.3) is 0 Å². The molecule has 0 aliphatic carbocycles. The zero-order chi connectivity index (χ0) is 20.3. The van der Waals surface area contributed by atoms with E-state index in [1.807, 2.05) is 31.6 Å². The summed E-state index contributed by atoms with van der Waals surface area (Å²) in [7, 11) is 1.91. The van der Waals surface area contributed by atoms with E-state index in [0.717, 1.165) is 48.6 Å². The van der Waals surface area contributed by atoms with Gasteiger partial charge in [-0.1, -0.05) is 24.3 Å². The molecular weight excluding hydrogens is 376 g/mol. The van der Waals surface area contributed by atoms with Gasteiger partial charge in [0.15, 0.2) is 5.65 Å². The van der Waals surface area contributed by atoms with Crippen LogP contribution in [0.3, 0.4) is 0 Å². The quantitative estimate of drug-likeness (QED) is 0.552. The lowest BCUT2D eigenvalue weighted by Gasteiger charge is -2.37. The Balaban J connectivity index is 1.38. The molecule has 0 bridgehead atoms. The minimum Gasteiger partial charge on any atom is -0.368 e. The topological polar surface area (TPSA) is 75.0 Å². The molecule has 1 fully saturated rings. The molecule has 0 radical (unpaired) electrons. The number of fused-ring (bicyclic) bond motifs is 1. The average molecular weight is 400 g/mol. The molecule has 0 saturated carbocycles. The third kappa shape index (κ3) is 3.63. The minimum atomic E-state index is 0.607. The average Bonchev–Trinajstić information content (AvgIpc) is 3.19. The van der Waals surface area contributed by atoms with Crippen LogP contribution in [0.5, 0.6) is 0 Å². The highest BCUT2D eigenvalue weighted by Crippen LogP contribution is 2.27. The summed E-state index contributed by atoms with van der Waals surface area (Å²) in [5.41, 5.74) is 3.19. The number of nitrogens with one attached hydrogen (secondary N) is 1. The maximum atomic E-state index is 4.86. The minimum absolute atomic E-state index is 0.607. The molecule has 30 heavy (non-hydrogen) atoms. The predicted molar refractivity (Wildman–Crippen MR) is 119 cm³/mol. The maximum absolute atomic E-state index is 4.86. The van der Waals surface area contributed by atoms with Crippen LogP contribution in [0.1, 0.15) is 5.56 Å². The van der Waals surface area contributed by atoms with Crippen molar-refractivity contribution < 1.29 is 0 Å². The fourth-order valence-corrected chi connectivity index (χ4v) is 3.83. The SMILES string of the molecule is Cn1ncc2c(N3CCN(c4ccccc4)CC3)nc(NCc3cccnc3)nc21. The molecule has 1 aliphatic rings. The van der Waals surface area contributed by atoms with Gasteiger partial charge in [0, 0.05) is 57.9 Å². The molecule has 1 N–H and O–H groups in total. The van der Waals surface area contributed by atoms with Crippen molar-refractivity contribution in [3.8, 4) is 0 Å². The molecule has 8 nitrogen and oxygen atoms in total. The lowest BCUT2D eigenvalue weighted by atomic mass is 10.2. The van der Waals surface area contributed by atoms with Gasteiger partial charge in [-0.05, 0) is 23.8 Å². The van der Waals surface area contributed by atoms with Gasteiger partial charge in [0.2, 0.25) is 5.95 Å². The molecular formula is C22H24N8. The van der Waals surface area contributed by atoms with Crippen molar-refractivity contribution in [2.24, 2.45) is 7.05 Å². The molecule has 3 aromatic heterocycles. The first-order valence-electron chi connectivity index (χ1n) is 10.2. The van der Waals surface area contributed by atoms with Crippen molar-refractivity contribution in [3.05, 3.63) is 66.6 Å². The van der Waals surface area contributed by atoms with Gasteiger partial charge in [-0.15, -0.1) is 0 Å². The lowest BCUT2D eigenvalue weighted by Crippen LogP contribution is -2.47. The Morgan fingerprint density at radius 1 is 0.900 bits per heavy atom. The van der Waals surface area contributed by atoms with Crippen LogP contribution in [0.4, 0.5) is 17.5 Å². The molecule has 1 saturated heterocycles. The summed E-state index contributed by atoms with van der Waals surface area (Å²) in [5, 5.41) is 8.74. The summed E-state index contributed by atoms with van der Waals surface area (Å²) < 4.78 is 1.80. The summed E-state index contributed by atoms with van der Waals surface area (Å²) in [6, 6.07) is 14.5. The standard InChI is InChI=1S/C22H24N8/c1-28-20-19(16-25-28)21(27-22(26-20)24-15-17-6-5-9-23-14-17)30-12-10-29(11-13-30)18-7-3-2-4-8-18/h2-9,14,16H,10-13,15H2,1H3,(H,24,26,27). The number of aromatic nitrogens is 5. The van der Waals surface area contributed by atoms with Crippen molar-refractivity contribution in [3.63, 3.8) is 0 Å². The molecule has 8 heteroatoms. The monoisotopic (exact) mass is 400 g/mol. The van der Waals surface area contributed by atoms with Crippen molar-refractivity contribution >= 4 is 28.5 Å². The van der Waals surface area contributed by atoms with E-state index in [1.165, 1.54) is 5.69 Å². The van der Waals surface area contributed by atoms with Crippen LogP contribution in [-0.4, -0.2) is 50.9 Å². The molecule has 0 unspecified atom stereocenters. The van der Waals surface area contributed by atoms with Crippen LogP contribution in [0, 0.1) is 0 Å². The highest BCUT2D eigenvalue weighted by Gasteiger charge is 2.22. The van der Waals surface area contributed by atoms with E-state index >= 15 is 0 Å². The molecule has 0 amide bonds. The van der Waals surface area contributed by atoms with Gasteiger partial charge < -0.3 is 15.1 Å². The molecule has 152 valence electrons. The van der Waals surface area contributed by atoms with Crippen molar-refractivity contribution in [2.75, 3.05) is 41.3 Å². The van der Waals surface area contributed by atoms with Crippen LogP contribution < -0.4 is 15.1 Å². The van der Waals surface area contributed by atoms with Crippen LogP contribution in [0.2, 0.25) is 0 Å². The summed E-state index contributed by atoms with van der Waals surface area (Å²) in [4.78, 5) is 18.5. The van der Waals surface area contributed by atoms with Crippen LogP contribution >= 0.6 is 0 Å². The first-order valence-corrected chi connectivity index (χ1v) is 10.2. The van der Waals surface area contributed by atoms with E-state index in [0.29, 0.717) is 12.5 Å². The van der Waals surface area contributed by atoms with Crippen molar-refractivity contribution in [1.82, 2.24) is 24.7 Å². The highest BCUT2D eigenvalue weighted by atomic mass is 15.3. The summed E-state index contributed by atoms with van der Waals surface area (Å²) in [6.45, 7) is 4.33. The van der Waals surface area contributed by atoms with Crippen LogP contribution in [0.25, 0.3) is 11.0 Å². The molecule has 1 aliphatic heterocycles. The molecule has 5 rings (SSSR count). The Morgan fingerprint density at radius 3 is 2.47 bits per heavy atom. The van der Waals surface area contributed by atoms with E-state index in [4.69, 9.17) is 4.98 Å². The fourth-order valence-electron chi connectivity index (χ4n) is 3.83. The number of para-hydroxylation sites is 1. The second kappa shape index (κ2) is 7.98. The van der Waals surface area contributed by atoms with Gasteiger partial charge >= 0.3 is 0 Å². The number of benzene rings is 1. The Labute approximate surface area is 175 Å². The second-order valence-corrected chi connectivity index (χ2v) is 7.40. The van der Waals surface area contributed by atoms with Gasteiger partial charge in [-0.2, -0.15) is 15.1 Å². The second-order valence-electron chi connectivity index (χ2n) is 7.40. The predicted octanol–water partition coefficient (Wildman–Crippen LogP) is 2.70. The zero-order valence-corrected chi connectivity index (χ0v) is 16.9. The smallest absolute Gasteiger partial charge is 0.227 e. The molecule has 4 aromatic rings. The highest BCUT2D eigenvalue weighted by molar-refractivity contribution is 5.88. The number of nitrogens with zero attached hydrogens (tertiary/aromatic N) is 7. The number of anilines is 3. The summed E-state index contributed by atoms with van der Waals surface area (Å²) in [5.74, 6) is 1.55. The number of aryl methyl sites for hydroxylation is 1. The van der Waals surface area contributed by atoms with E-state index < -0.39 is 0 Å². The Bertz CT molecular complexity index is 1120. The van der Waals surface area contributed by atoms with E-state index in [-0.39, 0.29) is 0 Å². The Kier molecular flexibility index (Phi) is 4.88. The largest absolute Gasteiger partial charge is 0.368 e. The normalized spacial score (nSPS) is 14.3. The summed E-state index contributed by atoms with van der Waals surface area (Å²) >= 11 is 0. The van der Waals surface area contributed by atoms with E-state index in [9.17, 15) is 0 Å². The summed E-state index contributed by atoms with van der Waals surface area (Å²) in [6.07, 6.45) is 5.48. The Morgan fingerprint density at radius 2 is 1.70 bits per heavy atom. The first-order chi connectivity index (χ1) is 14.8. The first kappa shape index (κ1) is 18.4. The van der Waals surface area contributed by atoms with Crippen molar-refractivity contribution in [1.29, 1.82) is 0 Å². The number of hydrogen-bond acceptors (Lipinski definition) is 7. The van der Waals surface area contributed by atoms with E-state index in [1.54, 1.807) is 10.9 Å². The zero-order valence-electron chi connectivity index (χ0n) is 16.9. The van der Waals surface area contributed by atoms with Crippen molar-refractivity contribution in [2.45, 2.75) is 6.54 Å². The van der Waals surface area contributed by atoms with Gasteiger partial charge in [-0.3, -0.25) is 9.67 Å². The molecule has 0 spiro atoms. The number of hydrogen-bond donors (Lipinski definition) is 1. The van der Waals surface area contributed by atoms with Gasteiger partial charge in [-0.25, -0.2) is 0 Å². The van der Waals surface area contributed by atoms with E-state index in [2.05, 4.69) is 60.5 Å². The van der Waals surface area contributed by atoms with Crippen LogP contribution in [0.15, 0.2) is 61.1 Å². The van der Waals surface area contributed by atoms with Gasteiger partial charge in [0.05, 0.1) is 11.6 Å². The lowest BCUT2D eigenvalue weighted by molar-refractivity contribution is 0.649. The fraction of sp³-hybridized carbons (Fsp3) is 0.273. The maximum Gasteiger partial charge on any atom is 0.227 e. The van der Waals surface area contributed by atoms with Crippen LogP contribution in [-0.2, 0) is 13.6 Å². The molecule has 1 aromatic carbocycles. The number of rotatable bonds is 5. The molecule has 4 heterocycles. The molecule has 0 atom stereocenters. The Hall–Kier alpha value is -3.68. The van der Waals surface area contributed by atoms with Gasteiger partial charge in [0.1, 0.15) is 5.82 Å².